The smallest absolute Gasteiger partial charge is 0.339 e. The van der Waals surface area contributed by atoms with E-state index in [4.69, 9.17) is 0 Å². The number of hydrogen-bond acceptors (Lipinski definition) is 8. The molecule has 3 aromatic rings. The fourth-order valence-corrected chi connectivity index (χ4v) is 3.52. The SMILES string of the molecule is COC(=O)c1ccccc1NC(=O)CS(=O)(=O)c1nnnn1-c1ccccc1. The summed E-state index contributed by atoms with van der Waals surface area (Å²) in [4.78, 5) is 24.1. The molecule has 0 unspecified atom stereocenters. The lowest BCUT2D eigenvalue weighted by atomic mass is 10.2. The van der Waals surface area contributed by atoms with Crippen molar-refractivity contribution >= 4 is 27.4 Å². The number of para-hydroxylation sites is 2. The van der Waals surface area contributed by atoms with Gasteiger partial charge in [-0.05, 0) is 34.7 Å². The van der Waals surface area contributed by atoms with Crippen molar-refractivity contribution in [3.05, 3.63) is 60.2 Å². The molecule has 0 spiro atoms. The molecule has 0 saturated heterocycles. The number of benzene rings is 2. The average Bonchev–Trinajstić information content (AvgIpc) is 3.19. The van der Waals surface area contributed by atoms with Gasteiger partial charge < -0.3 is 10.1 Å². The predicted octanol–water partition coefficient (Wildman–Crippen LogP) is 0.861. The molecule has 0 aliphatic carbocycles. The van der Waals surface area contributed by atoms with Crippen LogP contribution in [0.4, 0.5) is 5.69 Å². The second-order valence-corrected chi connectivity index (χ2v) is 7.44. The first-order chi connectivity index (χ1) is 13.4. The Kier molecular flexibility index (Phi) is 5.45. The Balaban J connectivity index is 1.82. The molecule has 0 bridgehead atoms. The highest BCUT2D eigenvalue weighted by Crippen LogP contribution is 2.17. The van der Waals surface area contributed by atoms with Gasteiger partial charge in [0, 0.05) is 0 Å². The third kappa shape index (κ3) is 4.04. The van der Waals surface area contributed by atoms with E-state index in [1.54, 1.807) is 42.5 Å². The van der Waals surface area contributed by atoms with Crippen molar-refractivity contribution in [1.29, 1.82) is 0 Å². The van der Waals surface area contributed by atoms with Crippen LogP contribution in [0.15, 0.2) is 59.8 Å². The van der Waals surface area contributed by atoms with Gasteiger partial charge in [-0.2, -0.15) is 4.68 Å². The van der Waals surface area contributed by atoms with Gasteiger partial charge in [0.15, 0.2) is 0 Å². The molecule has 10 nitrogen and oxygen atoms in total. The number of nitrogens with one attached hydrogen (secondary N) is 1. The number of esters is 1. The lowest BCUT2D eigenvalue weighted by Crippen LogP contribution is -2.26. The van der Waals surface area contributed by atoms with Crippen LogP contribution in [0.2, 0.25) is 0 Å². The van der Waals surface area contributed by atoms with Crippen molar-refractivity contribution in [2.75, 3.05) is 18.2 Å². The third-order valence-corrected chi connectivity index (χ3v) is 5.10. The normalized spacial score (nSPS) is 11.0. The summed E-state index contributed by atoms with van der Waals surface area (Å²) in [6.45, 7) is 0. The van der Waals surface area contributed by atoms with Crippen LogP contribution in [-0.4, -0.2) is 53.4 Å². The number of sulfone groups is 1. The third-order valence-electron chi connectivity index (χ3n) is 3.65. The van der Waals surface area contributed by atoms with E-state index in [-0.39, 0.29) is 11.3 Å². The van der Waals surface area contributed by atoms with E-state index in [2.05, 4.69) is 25.6 Å². The topological polar surface area (TPSA) is 133 Å². The first kappa shape index (κ1) is 19.2. The number of nitrogens with zero attached hydrogens (tertiary/aromatic N) is 4. The zero-order valence-electron chi connectivity index (χ0n) is 14.6. The lowest BCUT2D eigenvalue weighted by Gasteiger charge is -2.10. The number of carbonyl (C=O) groups excluding carboxylic acids is 2. The van der Waals surface area contributed by atoms with E-state index in [1.165, 1.54) is 19.2 Å². The van der Waals surface area contributed by atoms with Crippen molar-refractivity contribution in [3.63, 3.8) is 0 Å². The number of amides is 1. The van der Waals surface area contributed by atoms with Gasteiger partial charge in [0.2, 0.25) is 15.7 Å². The fraction of sp³-hybridized carbons (Fsp3) is 0.118. The summed E-state index contributed by atoms with van der Waals surface area (Å²) in [7, 11) is -2.95. The molecule has 0 fully saturated rings. The first-order valence-corrected chi connectivity index (χ1v) is 9.61. The summed E-state index contributed by atoms with van der Waals surface area (Å²) >= 11 is 0. The van der Waals surface area contributed by atoms with Gasteiger partial charge in [-0.25, -0.2) is 13.2 Å². The minimum absolute atomic E-state index is 0.102. The Morgan fingerprint density at radius 3 is 2.46 bits per heavy atom. The van der Waals surface area contributed by atoms with Crippen molar-refractivity contribution in [3.8, 4) is 5.69 Å². The van der Waals surface area contributed by atoms with Crippen molar-refractivity contribution in [2.24, 2.45) is 0 Å². The lowest BCUT2D eigenvalue weighted by molar-refractivity contribution is -0.113. The van der Waals surface area contributed by atoms with Gasteiger partial charge in [-0.1, -0.05) is 35.4 Å². The Hall–Kier alpha value is -3.60. The molecule has 1 N–H and O–H groups in total. The van der Waals surface area contributed by atoms with Gasteiger partial charge >= 0.3 is 5.97 Å². The second-order valence-electron chi connectivity index (χ2n) is 5.55. The molecule has 1 heterocycles. The van der Waals surface area contributed by atoms with Crippen LogP contribution in [0.25, 0.3) is 5.69 Å². The van der Waals surface area contributed by atoms with E-state index in [0.717, 1.165) is 4.68 Å². The van der Waals surface area contributed by atoms with Crippen molar-refractivity contribution in [2.45, 2.75) is 5.16 Å². The molecule has 0 saturated carbocycles. The summed E-state index contributed by atoms with van der Waals surface area (Å²) in [6, 6.07) is 14.5. The molecule has 0 atom stereocenters. The van der Waals surface area contributed by atoms with Gasteiger partial charge in [-0.3, -0.25) is 4.79 Å². The number of tetrazole rings is 1. The number of rotatable bonds is 6. The Morgan fingerprint density at radius 1 is 1.07 bits per heavy atom. The van der Waals surface area contributed by atoms with Gasteiger partial charge in [0.25, 0.3) is 5.16 Å². The molecular weight excluding hydrogens is 386 g/mol. The molecular formula is C17H15N5O5S. The number of methoxy groups -OCH3 is 1. The Bertz CT molecular complexity index is 1110. The van der Waals surface area contributed by atoms with Gasteiger partial charge in [-0.15, -0.1) is 0 Å². The second kappa shape index (κ2) is 7.96. The van der Waals surface area contributed by atoms with Crippen LogP contribution in [0.5, 0.6) is 0 Å². The maximum absolute atomic E-state index is 12.6. The van der Waals surface area contributed by atoms with Crippen LogP contribution in [0.3, 0.4) is 0 Å². The number of anilines is 1. The molecule has 3 rings (SSSR count). The predicted molar refractivity (Wildman–Crippen MR) is 97.6 cm³/mol. The van der Waals surface area contributed by atoms with Crippen LogP contribution >= 0.6 is 0 Å². The Labute approximate surface area is 160 Å². The monoisotopic (exact) mass is 401 g/mol. The minimum Gasteiger partial charge on any atom is -0.465 e. The highest BCUT2D eigenvalue weighted by atomic mass is 32.2. The number of carbonyl (C=O) groups is 2. The van der Waals surface area contributed by atoms with E-state index in [1.807, 2.05) is 0 Å². The highest BCUT2D eigenvalue weighted by molar-refractivity contribution is 7.92. The Morgan fingerprint density at radius 2 is 1.75 bits per heavy atom. The van der Waals surface area contributed by atoms with Gasteiger partial charge in [0.05, 0.1) is 24.0 Å². The number of aromatic nitrogens is 4. The quantitative estimate of drug-likeness (QED) is 0.601. The molecule has 0 radical (unpaired) electrons. The van der Waals surface area contributed by atoms with Gasteiger partial charge in [0.1, 0.15) is 5.75 Å². The highest BCUT2D eigenvalue weighted by Gasteiger charge is 2.27. The summed E-state index contributed by atoms with van der Waals surface area (Å²) < 4.78 is 31.0. The first-order valence-electron chi connectivity index (χ1n) is 7.96. The van der Waals surface area contributed by atoms with E-state index >= 15 is 0 Å². The largest absolute Gasteiger partial charge is 0.465 e. The van der Waals surface area contributed by atoms with E-state index < -0.39 is 32.6 Å². The average molecular weight is 401 g/mol. The summed E-state index contributed by atoms with van der Waals surface area (Å²) in [6.07, 6.45) is 0. The molecule has 1 aromatic heterocycles. The van der Waals surface area contributed by atoms with E-state index in [9.17, 15) is 18.0 Å². The fourth-order valence-electron chi connectivity index (χ4n) is 2.41. The molecule has 28 heavy (non-hydrogen) atoms. The minimum atomic E-state index is -4.16. The van der Waals surface area contributed by atoms with Crippen LogP contribution in [0, 0.1) is 0 Å². The summed E-state index contributed by atoms with van der Waals surface area (Å²) in [5, 5.41) is 12.6. The molecule has 11 heteroatoms. The van der Waals surface area contributed by atoms with Crippen molar-refractivity contribution < 1.29 is 22.7 Å². The zero-order valence-corrected chi connectivity index (χ0v) is 15.5. The van der Waals surface area contributed by atoms with Crippen LogP contribution in [-0.2, 0) is 19.4 Å². The van der Waals surface area contributed by atoms with Crippen molar-refractivity contribution in [1.82, 2.24) is 20.2 Å². The molecule has 2 aromatic carbocycles. The molecule has 1 amide bonds. The zero-order chi connectivity index (χ0) is 20.1. The number of ether oxygens (including phenoxy) is 1. The number of hydrogen-bond donors (Lipinski definition) is 1. The van der Waals surface area contributed by atoms with Crippen LogP contribution in [0.1, 0.15) is 10.4 Å². The summed E-state index contributed by atoms with van der Waals surface area (Å²) in [5.41, 5.74) is 0.671. The summed E-state index contributed by atoms with van der Waals surface area (Å²) in [5.74, 6) is -2.42. The standard InChI is InChI=1S/C17H15N5O5S/c1-27-16(24)13-9-5-6-10-14(13)18-15(23)11-28(25,26)17-19-20-21-22(17)12-7-3-2-4-8-12/h2-10H,11H2,1H3,(H,18,23). The van der Waals surface area contributed by atoms with Crippen LogP contribution < -0.4 is 5.32 Å². The molecule has 144 valence electrons. The molecule has 0 aliphatic rings. The van der Waals surface area contributed by atoms with E-state index in [0.29, 0.717) is 5.69 Å². The maximum atomic E-state index is 12.6. The maximum Gasteiger partial charge on any atom is 0.339 e. The molecule has 0 aliphatic heterocycles.